The van der Waals surface area contributed by atoms with E-state index in [9.17, 15) is 19.1 Å². The monoisotopic (exact) mass is 438 g/mol. The van der Waals surface area contributed by atoms with Gasteiger partial charge in [0.25, 0.3) is 0 Å². The van der Waals surface area contributed by atoms with E-state index in [0.717, 1.165) is 12.8 Å². The van der Waals surface area contributed by atoms with Gasteiger partial charge in [-0.3, -0.25) is 4.79 Å². The molecule has 1 heterocycles. The lowest BCUT2D eigenvalue weighted by Gasteiger charge is -2.27. The molecule has 166 valence electrons. The Morgan fingerprint density at radius 2 is 1.81 bits per heavy atom. The normalized spacial score (nSPS) is 15.9. The van der Waals surface area contributed by atoms with E-state index in [4.69, 9.17) is 9.47 Å². The molecule has 0 amide bonds. The smallest absolute Gasteiger partial charge is 0.345 e. The number of ether oxygens (including phenoxy) is 2. The summed E-state index contributed by atoms with van der Waals surface area (Å²) in [4.78, 5) is 32.7. The average molecular weight is 438 g/mol. The first kappa shape index (κ1) is 21.5. The molecule has 8 heteroatoms. The fraction of sp³-hybridized carbons (Fsp3) is 0.292. The van der Waals surface area contributed by atoms with E-state index >= 15 is 0 Å². The van der Waals surface area contributed by atoms with Gasteiger partial charge in [0.05, 0.1) is 23.6 Å². The summed E-state index contributed by atoms with van der Waals surface area (Å²) in [5.41, 5.74) is 0.201. The maximum Gasteiger partial charge on any atom is 0.345 e. The molecule has 0 bridgehead atoms. The molecular formula is C24H23FN2O5. The number of aliphatic hydroxyl groups is 1. The summed E-state index contributed by atoms with van der Waals surface area (Å²) in [5.74, 6) is -2.35. The Hall–Kier alpha value is -3.68. The van der Waals surface area contributed by atoms with Crippen LogP contribution in [0.15, 0.2) is 54.3 Å². The summed E-state index contributed by atoms with van der Waals surface area (Å²) in [6.45, 7) is -0.573. The molecule has 0 saturated heterocycles. The summed E-state index contributed by atoms with van der Waals surface area (Å²) < 4.78 is 24.7. The van der Waals surface area contributed by atoms with Gasteiger partial charge in [-0.15, -0.1) is 0 Å². The third-order valence-corrected chi connectivity index (χ3v) is 5.88. The Morgan fingerprint density at radius 3 is 2.50 bits per heavy atom. The molecule has 0 unspecified atom stereocenters. The summed E-state index contributed by atoms with van der Waals surface area (Å²) >= 11 is 0. The fourth-order valence-corrected chi connectivity index (χ4v) is 4.28. The molecule has 1 aliphatic carbocycles. The molecular weight excluding hydrogens is 415 g/mol. The van der Waals surface area contributed by atoms with Crippen LogP contribution in [0.2, 0.25) is 0 Å². The van der Waals surface area contributed by atoms with E-state index in [1.807, 2.05) is 0 Å². The standard InChI is InChI=1S/C24H23FN2O5/c1-31-22(29)20(21-26-17-10-4-5-11-18(17)27-21)19(28)14-32-23(30)24(12-6-7-13-24)15-8-2-3-9-16(15)25/h2-5,8-11,28H,6-7,12-14H2,1H3,(H,26,27)/b20-19+. The van der Waals surface area contributed by atoms with Gasteiger partial charge in [0.2, 0.25) is 0 Å². The van der Waals surface area contributed by atoms with E-state index in [1.165, 1.54) is 13.2 Å². The molecule has 0 radical (unpaired) electrons. The minimum Gasteiger partial charge on any atom is -0.508 e. The third kappa shape index (κ3) is 3.84. The number of rotatable bonds is 6. The van der Waals surface area contributed by atoms with Gasteiger partial charge < -0.3 is 19.6 Å². The van der Waals surface area contributed by atoms with Crippen LogP contribution >= 0.6 is 0 Å². The number of methoxy groups -OCH3 is 1. The van der Waals surface area contributed by atoms with Crippen molar-refractivity contribution in [3.63, 3.8) is 0 Å². The molecule has 2 aromatic carbocycles. The van der Waals surface area contributed by atoms with Crippen LogP contribution < -0.4 is 0 Å². The van der Waals surface area contributed by atoms with Gasteiger partial charge in [-0.05, 0) is 31.0 Å². The van der Waals surface area contributed by atoms with Crippen molar-refractivity contribution >= 4 is 28.5 Å². The molecule has 1 aromatic heterocycles. The number of para-hydroxylation sites is 2. The van der Waals surface area contributed by atoms with E-state index in [0.29, 0.717) is 23.9 Å². The number of aliphatic hydroxyl groups excluding tert-OH is 1. The largest absolute Gasteiger partial charge is 0.508 e. The second-order valence-corrected chi connectivity index (χ2v) is 7.76. The number of aromatic nitrogens is 2. The number of hydrogen-bond donors (Lipinski definition) is 2. The van der Waals surface area contributed by atoms with Crippen molar-refractivity contribution in [3.8, 4) is 0 Å². The highest BCUT2D eigenvalue weighted by molar-refractivity contribution is 6.16. The average Bonchev–Trinajstić information content (AvgIpc) is 3.45. The van der Waals surface area contributed by atoms with Crippen molar-refractivity contribution < 1.29 is 28.6 Å². The van der Waals surface area contributed by atoms with E-state index in [2.05, 4.69) is 9.97 Å². The van der Waals surface area contributed by atoms with Gasteiger partial charge in [0, 0.05) is 5.56 Å². The minimum absolute atomic E-state index is 0.0938. The maximum atomic E-state index is 14.5. The number of halogens is 1. The zero-order valence-corrected chi connectivity index (χ0v) is 17.6. The molecule has 0 spiro atoms. The summed E-state index contributed by atoms with van der Waals surface area (Å²) in [6.07, 6.45) is 2.42. The maximum absolute atomic E-state index is 14.5. The lowest BCUT2D eigenvalue weighted by molar-refractivity contribution is -0.150. The lowest BCUT2D eigenvalue weighted by Crippen LogP contribution is -2.36. The van der Waals surface area contributed by atoms with E-state index in [1.54, 1.807) is 42.5 Å². The number of fused-ring (bicyclic) bond motifs is 1. The van der Waals surface area contributed by atoms with E-state index < -0.39 is 35.5 Å². The fourth-order valence-electron chi connectivity index (χ4n) is 4.28. The number of nitrogens with zero attached hydrogens (tertiary/aromatic N) is 1. The lowest BCUT2D eigenvalue weighted by atomic mass is 9.78. The molecule has 2 N–H and O–H groups in total. The van der Waals surface area contributed by atoms with Crippen LogP contribution in [0.5, 0.6) is 0 Å². The summed E-state index contributed by atoms with van der Waals surface area (Å²) in [5, 5.41) is 10.7. The van der Waals surface area contributed by atoms with Crippen LogP contribution in [0, 0.1) is 5.82 Å². The van der Waals surface area contributed by atoms with Gasteiger partial charge in [0.1, 0.15) is 29.6 Å². The number of aromatic amines is 1. The van der Waals surface area contributed by atoms with Crippen LogP contribution in [0.4, 0.5) is 4.39 Å². The highest BCUT2D eigenvalue weighted by Gasteiger charge is 2.46. The third-order valence-electron chi connectivity index (χ3n) is 5.88. The number of esters is 2. The Morgan fingerprint density at radius 1 is 1.12 bits per heavy atom. The second-order valence-electron chi connectivity index (χ2n) is 7.76. The first-order valence-corrected chi connectivity index (χ1v) is 10.3. The quantitative estimate of drug-likeness (QED) is 0.340. The van der Waals surface area contributed by atoms with Gasteiger partial charge in [-0.2, -0.15) is 0 Å². The number of H-pyrrole nitrogens is 1. The highest BCUT2D eigenvalue weighted by atomic mass is 19.1. The zero-order valence-electron chi connectivity index (χ0n) is 17.6. The number of hydrogen-bond acceptors (Lipinski definition) is 6. The predicted molar refractivity (Wildman–Crippen MR) is 115 cm³/mol. The molecule has 0 atom stereocenters. The van der Waals surface area contributed by atoms with Crippen molar-refractivity contribution in [1.29, 1.82) is 0 Å². The molecule has 1 saturated carbocycles. The topological polar surface area (TPSA) is 102 Å². The van der Waals surface area contributed by atoms with Crippen LogP contribution in [0.1, 0.15) is 37.1 Å². The summed E-state index contributed by atoms with van der Waals surface area (Å²) in [7, 11) is 1.18. The Bertz CT molecular complexity index is 1160. The SMILES string of the molecule is COC(=O)/C(=C(/O)COC(=O)C1(c2ccccc2F)CCCC1)c1nc2ccccc2[nH]1. The molecule has 7 nitrogen and oxygen atoms in total. The van der Waals surface area contributed by atoms with Crippen molar-refractivity contribution in [2.45, 2.75) is 31.1 Å². The number of nitrogens with one attached hydrogen (secondary N) is 1. The predicted octanol–water partition coefficient (Wildman–Crippen LogP) is 4.20. The van der Waals surface area contributed by atoms with E-state index in [-0.39, 0.29) is 17.0 Å². The van der Waals surface area contributed by atoms with Crippen molar-refractivity contribution in [2.24, 2.45) is 0 Å². The molecule has 1 fully saturated rings. The van der Waals surface area contributed by atoms with Crippen molar-refractivity contribution in [3.05, 3.63) is 71.5 Å². The minimum atomic E-state index is -1.11. The summed E-state index contributed by atoms with van der Waals surface area (Å²) in [6, 6.07) is 13.3. The molecule has 3 aromatic rings. The number of benzene rings is 2. The van der Waals surface area contributed by atoms with Crippen LogP contribution in [-0.4, -0.2) is 40.7 Å². The second kappa shape index (κ2) is 8.82. The van der Waals surface area contributed by atoms with Gasteiger partial charge in [-0.25, -0.2) is 14.2 Å². The van der Waals surface area contributed by atoms with Crippen LogP contribution in [0.3, 0.4) is 0 Å². The number of carbonyl (C=O) groups excluding carboxylic acids is 2. The Kier molecular flexibility index (Phi) is 5.94. The number of carbonyl (C=O) groups is 2. The van der Waals surface area contributed by atoms with Gasteiger partial charge in [0.15, 0.2) is 0 Å². The molecule has 4 rings (SSSR count). The van der Waals surface area contributed by atoms with Crippen molar-refractivity contribution in [1.82, 2.24) is 9.97 Å². The van der Waals surface area contributed by atoms with Gasteiger partial charge >= 0.3 is 11.9 Å². The first-order chi connectivity index (χ1) is 15.5. The van der Waals surface area contributed by atoms with Crippen LogP contribution in [0.25, 0.3) is 16.6 Å². The van der Waals surface area contributed by atoms with Gasteiger partial charge in [-0.1, -0.05) is 43.2 Å². The molecule has 0 aliphatic heterocycles. The van der Waals surface area contributed by atoms with Crippen LogP contribution in [-0.2, 0) is 24.5 Å². The first-order valence-electron chi connectivity index (χ1n) is 10.3. The Labute approximate surface area is 183 Å². The Balaban J connectivity index is 1.63. The molecule has 1 aliphatic rings. The molecule has 32 heavy (non-hydrogen) atoms. The zero-order chi connectivity index (χ0) is 22.7. The van der Waals surface area contributed by atoms with Crippen molar-refractivity contribution in [2.75, 3.05) is 13.7 Å². The number of imidazole rings is 1. The highest BCUT2D eigenvalue weighted by Crippen LogP contribution is 2.43.